The fourth-order valence-corrected chi connectivity index (χ4v) is 9.50. The number of thiazole rings is 1. The largest absolute Gasteiger partial charge is 0.444 e. The molecule has 3 aliphatic rings. The van der Waals surface area contributed by atoms with Gasteiger partial charge in [-0.05, 0) is 95.8 Å². The third kappa shape index (κ3) is 8.81. The fourth-order valence-electron chi connectivity index (χ4n) is 7.00. The van der Waals surface area contributed by atoms with Crippen LogP contribution in [-0.2, 0) is 19.6 Å². The predicted molar refractivity (Wildman–Crippen MR) is 196 cm³/mol. The van der Waals surface area contributed by atoms with Crippen LogP contribution in [0.2, 0.25) is 5.28 Å². The third-order valence-corrected chi connectivity index (χ3v) is 12.6. The molecule has 3 saturated heterocycles. The normalized spacial score (nSPS) is 18.5. The number of piperidine rings is 2. The Labute approximate surface area is 307 Å². The number of nitrogens with one attached hydrogen (secondary N) is 1. The summed E-state index contributed by atoms with van der Waals surface area (Å²) < 4.78 is 48.8. The van der Waals surface area contributed by atoms with E-state index in [9.17, 15) is 18.0 Å². The molecule has 0 atom stereocenters. The van der Waals surface area contributed by atoms with Crippen molar-refractivity contribution in [3.8, 4) is 21.8 Å². The first-order valence-electron chi connectivity index (χ1n) is 17.4. The maximum Gasteiger partial charge on any atom is 0.410 e. The summed E-state index contributed by atoms with van der Waals surface area (Å²) in [6.07, 6.45) is 4.95. The minimum atomic E-state index is -3.72. The van der Waals surface area contributed by atoms with E-state index in [0.29, 0.717) is 68.3 Å². The summed E-state index contributed by atoms with van der Waals surface area (Å²) in [5.74, 6) is -0.705. The van der Waals surface area contributed by atoms with E-state index in [2.05, 4.69) is 19.6 Å². The zero-order chi connectivity index (χ0) is 36.6. The molecule has 12 nitrogen and oxygen atoms in total. The van der Waals surface area contributed by atoms with E-state index in [1.165, 1.54) is 23.6 Å². The molecule has 1 aromatic carbocycles. The van der Waals surface area contributed by atoms with Gasteiger partial charge in [0.15, 0.2) is 5.82 Å². The molecule has 0 saturated carbocycles. The van der Waals surface area contributed by atoms with Gasteiger partial charge < -0.3 is 14.5 Å². The van der Waals surface area contributed by atoms with E-state index in [1.54, 1.807) is 30.0 Å². The lowest BCUT2D eigenvalue weighted by Crippen LogP contribution is -2.62. The number of hydrogen-bond donors (Lipinski definition) is 1. The molecular formula is C35H45ClFN7O5S2. The molecule has 2 aromatic heterocycles. The maximum absolute atomic E-state index is 16.0. The lowest BCUT2D eigenvalue weighted by Gasteiger charge is -2.53. The Balaban J connectivity index is 1.09. The molecule has 0 bridgehead atoms. The lowest BCUT2D eigenvalue weighted by molar-refractivity contribution is -0.134. The number of nitrogens with zero attached hydrogens (tertiary/aromatic N) is 6. The lowest BCUT2D eigenvalue weighted by atomic mass is 9.72. The van der Waals surface area contributed by atoms with E-state index >= 15 is 4.39 Å². The SMILES string of the molecule is CCCS(=O)(=O)Nc1cccc(-c2nc(C3CCN(C(=O)CN4CCC5(CC4)CN(C(=O)OC(C)(C)C)C5)CC3)sc2-c2ccnc(Cl)n2)c1F. The van der Waals surface area contributed by atoms with Crippen molar-refractivity contribution < 1.29 is 27.1 Å². The molecule has 3 aromatic rings. The molecule has 51 heavy (non-hydrogen) atoms. The number of likely N-dealkylation sites (tertiary alicyclic amines) is 3. The van der Waals surface area contributed by atoms with E-state index < -0.39 is 21.4 Å². The number of sulfonamides is 1. The van der Waals surface area contributed by atoms with Crippen LogP contribution in [0.25, 0.3) is 21.8 Å². The van der Waals surface area contributed by atoms with Gasteiger partial charge >= 0.3 is 6.09 Å². The number of carbonyl (C=O) groups is 2. The number of hydrogen-bond acceptors (Lipinski definition) is 10. The highest BCUT2D eigenvalue weighted by atomic mass is 35.5. The van der Waals surface area contributed by atoms with Gasteiger partial charge in [-0.15, -0.1) is 11.3 Å². The summed E-state index contributed by atoms with van der Waals surface area (Å²) in [7, 11) is -3.72. The Kier molecular flexibility index (Phi) is 10.9. The van der Waals surface area contributed by atoms with Gasteiger partial charge in [0.05, 0.1) is 39.3 Å². The average molecular weight is 762 g/mol. The summed E-state index contributed by atoms with van der Waals surface area (Å²) in [4.78, 5) is 45.6. The predicted octanol–water partition coefficient (Wildman–Crippen LogP) is 6.25. The Morgan fingerprint density at radius 2 is 1.78 bits per heavy atom. The Bertz CT molecular complexity index is 1860. The van der Waals surface area contributed by atoms with Crippen molar-refractivity contribution >= 4 is 50.6 Å². The number of ether oxygens (including phenoxy) is 1. The molecule has 0 radical (unpaired) electrons. The van der Waals surface area contributed by atoms with Crippen LogP contribution in [-0.4, -0.2) is 107 Å². The van der Waals surface area contributed by atoms with Gasteiger partial charge in [-0.3, -0.25) is 14.4 Å². The summed E-state index contributed by atoms with van der Waals surface area (Å²) >= 11 is 7.53. The van der Waals surface area contributed by atoms with Crippen molar-refractivity contribution in [3.63, 3.8) is 0 Å². The second kappa shape index (κ2) is 14.9. The Hall–Kier alpha value is -3.40. The molecule has 16 heteroatoms. The highest BCUT2D eigenvalue weighted by Crippen LogP contribution is 2.43. The number of halogens is 2. The molecule has 0 aliphatic carbocycles. The van der Waals surface area contributed by atoms with E-state index in [-0.39, 0.29) is 45.6 Å². The van der Waals surface area contributed by atoms with Gasteiger partial charge in [0.25, 0.3) is 0 Å². The van der Waals surface area contributed by atoms with Gasteiger partial charge in [0.2, 0.25) is 21.2 Å². The molecule has 5 heterocycles. The molecule has 276 valence electrons. The number of carbonyl (C=O) groups excluding carboxylic acids is 2. The summed E-state index contributed by atoms with van der Waals surface area (Å²) in [5, 5.41) is 0.835. The third-order valence-electron chi connectivity index (χ3n) is 9.67. The van der Waals surface area contributed by atoms with Crippen LogP contribution in [0, 0.1) is 11.2 Å². The molecule has 2 amide bonds. The number of amides is 2. The molecule has 3 aliphatic heterocycles. The zero-order valence-corrected chi connectivity index (χ0v) is 31.8. The van der Waals surface area contributed by atoms with E-state index in [0.717, 1.165) is 30.9 Å². The van der Waals surface area contributed by atoms with Crippen molar-refractivity contribution in [1.29, 1.82) is 0 Å². The minimum absolute atomic E-state index is 0.0412. The quantitative estimate of drug-likeness (QED) is 0.251. The summed E-state index contributed by atoms with van der Waals surface area (Å²) in [6.45, 7) is 11.9. The van der Waals surface area contributed by atoms with Gasteiger partial charge in [-0.1, -0.05) is 13.0 Å². The van der Waals surface area contributed by atoms with Gasteiger partial charge in [0, 0.05) is 49.3 Å². The van der Waals surface area contributed by atoms with Crippen molar-refractivity contribution in [3.05, 3.63) is 46.6 Å². The standard InChI is InChI=1S/C35H45ClFN7O5S2/c1-5-19-51(47,48)41-25-8-6-7-24(28(25)37)29-30(26-9-14-38-32(36)39-26)50-31(40-29)23-10-15-43(16-11-23)27(45)20-42-17-12-35(13-18-42)21-44(22-35)33(46)49-34(2,3)4/h6-9,14,23,41H,5,10-13,15-22H2,1-4H3. The van der Waals surface area contributed by atoms with Crippen LogP contribution < -0.4 is 4.72 Å². The van der Waals surface area contributed by atoms with Crippen LogP contribution in [0.4, 0.5) is 14.9 Å². The van der Waals surface area contributed by atoms with Crippen molar-refractivity contribution in [2.24, 2.45) is 5.41 Å². The second-order valence-electron chi connectivity index (χ2n) is 14.8. The van der Waals surface area contributed by atoms with E-state index in [4.69, 9.17) is 21.3 Å². The highest BCUT2D eigenvalue weighted by Gasteiger charge is 2.48. The zero-order valence-electron chi connectivity index (χ0n) is 29.5. The number of aromatic nitrogens is 3. The Morgan fingerprint density at radius 1 is 1.08 bits per heavy atom. The summed E-state index contributed by atoms with van der Waals surface area (Å²) in [6, 6.07) is 6.24. The monoisotopic (exact) mass is 761 g/mol. The van der Waals surface area contributed by atoms with E-state index in [1.807, 2.05) is 25.7 Å². The number of benzene rings is 1. The minimum Gasteiger partial charge on any atom is -0.444 e. The summed E-state index contributed by atoms with van der Waals surface area (Å²) in [5.41, 5.74) is 0.442. The molecule has 3 fully saturated rings. The molecule has 0 unspecified atom stereocenters. The number of rotatable bonds is 9. The van der Waals surface area contributed by atoms with Crippen LogP contribution in [0.15, 0.2) is 30.5 Å². The van der Waals surface area contributed by atoms with Crippen molar-refractivity contribution in [2.45, 2.75) is 71.3 Å². The molecule has 6 rings (SSSR count). The first-order chi connectivity index (χ1) is 24.1. The van der Waals surface area contributed by atoms with Crippen molar-refractivity contribution in [2.75, 3.05) is 56.3 Å². The van der Waals surface area contributed by atoms with Crippen LogP contribution in [0.5, 0.6) is 0 Å². The highest BCUT2D eigenvalue weighted by molar-refractivity contribution is 7.92. The van der Waals surface area contributed by atoms with Crippen molar-refractivity contribution in [1.82, 2.24) is 29.7 Å². The molecule has 1 spiro atoms. The first-order valence-corrected chi connectivity index (χ1v) is 20.3. The van der Waals surface area contributed by atoms with Crippen LogP contribution in [0.1, 0.15) is 70.7 Å². The van der Waals surface area contributed by atoms with Gasteiger partial charge in [0.1, 0.15) is 5.60 Å². The Morgan fingerprint density at radius 3 is 2.43 bits per heavy atom. The molecule has 1 N–H and O–H groups in total. The van der Waals surface area contributed by atoms with Crippen LogP contribution >= 0.6 is 22.9 Å². The average Bonchev–Trinajstić information content (AvgIpc) is 3.49. The molecular weight excluding hydrogens is 717 g/mol. The van der Waals surface area contributed by atoms with Gasteiger partial charge in [-0.25, -0.2) is 32.6 Å². The number of anilines is 1. The first kappa shape index (κ1) is 37.4. The maximum atomic E-state index is 16.0. The van der Waals surface area contributed by atoms with Crippen LogP contribution in [0.3, 0.4) is 0 Å². The van der Waals surface area contributed by atoms with Gasteiger partial charge in [-0.2, -0.15) is 0 Å². The smallest absolute Gasteiger partial charge is 0.410 e. The fraction of sp³-hybridized carbons (Fsp3) is 0.571. The second-order valence-corrected chi connectivity index (χ2v) is 18.0. The topological polar surface area (TPSA) is 138 Å².